The highest BCUT2D eigenvalue weighted by Crippen LogP contribution is 2.25. The number of pyridine rings is 1. The van der Waals surface area contributed by atoms with E-state index >= 15 is 0 Å². The molecule has 0 aliphatic carbocycles. The van der Waals surface area contributed by atoms with Gasteiger partial charge in [-0.3, -0.25) is 0 Å². The van der Waals surface area contributed by atoms with Crippen molar-refractivity contribution < 1.29 is 13.5 Å². The molecule has 0 saturated carbocycles. The number of nitrogens with zero attached hydrogens (tertiary/aromatic N) is 4. The molecule has 2 aromatic heterocycles. The van der Waals surface area contributed by atoms with Gasteiger partial charge in [0.05, 0.1) is 18.4 Å². The van der Waals surface area contributed by atoms with Crippen LogP contribution in [0.1, 0.15) is 23.2 Å². The molecule has 2 aromatic rings. The average Bonchev–Trinajstić information content (AvgIpc) is 2.63. The van der Waals surface area contributed by atoms with Gasteiger partial charge in [-0.2, -0.15) is 4.98 Å². The van der Waals surface area contributed by atoms with Crippen molar-refractivity contribution in [3.05, 3.63) is 35.2 Å². The molecule has 7 nitrogen and oxygen atoms in total. The summed E-state index contributed by atoms with van der Waals surface area (Å²) >= 11 is 0. The summed E-state index contributed by atoms with van der Waals surface area (Å²) in [6.45, 7) is 3.31. The summed E-state index contributed by atoms with van der Waals surface area (Å²) < 4.78 is 31.2. The monoisotopic (exact) mass is 350 g/mol. The highest BCUT2D eigenvalue weighted by Gasteiger charge is 2.17. The number of piperazine rings is 1. The van der Waals surface area contributed by atoms with E-state index in [-0.39, 0.29) is 11.4 Å². The predicted octanol–water partition coefficient (Wildman–Crippen LogP) is 1.40. The molecule has 9 heteroatoms. The van der Waals surface area contributed by atoms with E-state index in [1.54, 1.807) is 6.07 Å². The SMILES string of the molecule is COc1cc(Cc2cnc(N)c(C(F)F)c2)nc(N2CCNCC2)n1. The van der Waals surface area contributed by atoms with E-state index in [1.807, 2.05) is 0 Å². The van der Waals surface area contributed by atoms with Gasteiger partial charge in [0.2, 0.25) is 11.8 Å². The van der Waals surface area contributed by atoms with E-state index in [4.69, 9.17) is 10.5 Å². The van der Waals surface area contributed by atoms with Crippen molar-refractivity contribution in [2.24, 2.45) is 0 Å². The minimum Gasteiger partial charge on any atom is -0.481 e. The molecular weight excluding hydrogens is 330 g/mol. The van der Waals surface area contributed by atoms with E-state index in [1.165, 1.54) is 19.4 Å². The summed E-state index contributed by atoms with van der Waals surface area (Å²) in [6, 6.07) is 3.07. The molecule has 134 valence electrons. The zero-order chi connectivity index (χ0) is 17.8. The summed E-state index contributed by atoms with van der Waals surface area (Å²) in [7, 11) is 1.54. The summed E-state index contributed by atoms with van der Waals surface area (Å²) in [5.74, 6) is 0.866. The Morgan fingerprint density at radius 2 is 2.04 bits per heavy atom. The number of nitrogens with one attached hydrogen (secondary N) is 1. The fraction of sp³-hybridized carbons (Fsp3) is 0.438. The normalized spacial score (nSPS) is 14.8. The molecule has 3 heterocycles. The number of halogens is 2. The number of aromatic nitrogens is 3. The van der Waals surface area contributed by atoms with Crippen LogP contribution in [0, 0.1) is 0 Å². The molecule has 3 N–H and O–H groups in total. The number of hydrogen-bond donors (Lipinski definition) is 2. The summed E-state index contributed by atoms with van der Waals surface area (Å²) in [6.07, 6.45) is -0.838. The summed E-state index contributed by atoms with van der Waals surface area (Å²) in [5, 5.41) is 3.27. The largest absolute Gasteiger partial charge is 0.481 e. The van der Waals surface area contributed by atoms with Gasteiger partial charge in [-0.25, -0.2) is 18.7 Å². The van der Waals surface area contributed by atoms with Crippen LogP contribution in [0.4, 0.5) is 20.5 Å². The first-order chi connectivity index (χ1) is 12.1. The van der Waals surface area contributed by atoms with Crippen LogP contribution in [0.25, 0.3) is 0 Å². The quantitative estimate of drug-likeness (QED) is 0.842. The van der Waals surface area contributed by atoms with Gasteiger partial charge >= 0.3 is 0 Å². The molecule has 0 atom stereocenters. The van der Waals surface area contributed by atoms with Gasteiger partial charge in [0.15, 0.2) is 0 Å². The second-order valence-electron chi connectivity index (χ2n) is 5.73. The first kappa shape index (κ1) is 17.3. The molecule has 0 amide bonds. The number of rotatable bonds is 5. The molecule has 1 fully saturated rings. The van der Waals surface area contributed by atoms with Gasteiger partial charge in [0.1, 0.15) is 5.82 Å². The van der Waals surface area contributed by atoms with Crippen LogP contribution >= 0.6 is 0 Å². The third-order valence-corrected chi connectivity index (χ3v) is 3.98. The van der Waals surface area contributed by atoms with Crippen LogP contribution in [0.2, 0.25) is 0 Å². The smallest absolute Gasteiger partial charge is 0.267 e. The van der Waals surface area contributed by atoms with Crippen molar-refractivity contribution in [3.8, 4) is 5.88 Å². The summed E-state index contributed by atoms with van der Waals surface area (Å²) in [4.78, 5) is 14.9. The van der Waals surface area contributed by atoms with Gasteiger partial charge in [-0.05, 0) is 11.6 Å². The van der Waals surface area contributed by atoms with Crippen molar-refractivity contribution >= 4 is 11.8 Å². The minimum atomic E-state index is -2.66. The number of ether oxygens (including phenoxy) is 1. The second-order valence-corrected chi connectivity index (χ2v) is 5.73. The van der Waals surface area contributed by atoms with Gasteiger partial charge in [-0.15, -0.1) is 0 Å². The van der Waals surface area contributed by atoms with Gasteiger partial charge in [-0.1, -0.05) is 0 Å². The molecule has 3 rings (SSSR count). The van der Waals surface area contributed by atoms with Crippen molar-refractivity contribution in [2.45, 2.75) is 12.8 Å². The number of methoxy groups -OCH3 is 1. The van der Waals surface area contributed by atoms with E-state index in [9.17, 15) is 8.78 Å². The van der Waals surface area contributed by atoms with Crippen molar-refractivity contribution in [2.75, 3.05) is 43.9 Å². The molecule has 1 saturated heterocycles. The van der Waals surface area contributed by atoms with E-state index in [0.29, 0.717) is 29.5 Å². The predicted molar refractivity (Wildman–Crippen MR) is 90.1 cm³/mol. The Hall–Kier alpha value is -2.55. The standard InChI is InChI=1S/C16H20F2N6O/c1-25-13-8-11(22-16(23-13)24-4-2-20-3-5-24)6-10-7-12(14(17)18)15(19)21-9-10/h7-9,14,20H,2-6H2,1H3,(H2,19,21). The maximum Gasteiger partial charge on any atom is 0.267 e. The molecule has 0 unspecified atom stereocenters. The van der Waals surface area contributed by atoms with Crippen LogP contribution in [0.5, 0.6) is 5.88 Å². The molecule has 0 spiro atoms. The summed E-state index contributed by atoms with van der Waals surface area (Å²) in [5.41, 5.74) is 6.52. The Labute approximate surface area is 144 Å². The van der Waals surface area contributed by atoms with E-state index < -0.39 is 6.43 Å². The zero-order valence-corrected chi connectivity index (χ0v) is 13.9. The lowest BCUT2D eigenvalue weighted by molar-refractivity contribution is 0.152. The van der Waals surface area contributed by atoms with E-state index in [2.05, 4.69) is 25.2 Å². The van der Waals surface area contributed by atoms with Crippen molar-refractivity contribution in [3.63, 3.8) is 0 Å². The maximum absolute atomic E-state index is 13.0. The zero-order valence-electron chi connectivity index (χ0n) is 13.9. The van der Waals surface area contributed by atoms with Gasteiger partial charge in [0, 0.05) is 44.9 Å². The van der Waals surface area contributed by atoms with Crippen molar-refractivity contribution in [1.29, 1.82) is 0 Å². The lowest BCUT2D eigenvalue weighted by Gasteiger charge is -2.27. The fourth-order valence-corrected chi connectivity index (χ4v) is 2.68. The number of hydrogen-bond acceptors (Lipinski definition) is 7. The average molecular weight is 350 g/mol. The third kappa shape index (κ3) is 4.11. The highest BCUT2D eigenvalue weighted by atomic mass is 19.3. The molecule has 0 bridgehead atoms. The fourth-order valence-electron chi connectivity index (χ4n) is 2.68. The number of anilines is 2. The third-order valence-electron chi connectivity index (χ3n) is 3.98. The van der Waals surface area contributed by atoms with Crippen LogP contribution in [0.15, 0.2) is 18.3 Å². The molecule has 0 aromatic carbocycles. The van der Waals surface area contributed by atoms with Crippen LogP contribution < -0.4 is 20.7 Å². The second kappa shape index (κ2) is 7.56. The van der Waals surface area contributed by atoms with Crippen LogP contribution in [-0.4, -0.2) is 48.2 Å². The van der Waals surface area contributed by atoms with Crippen molar-refractivity contribution in [1.82, 2.24) is 20.3 Å². The van der Waals surface area contributed by atoms with Crippen LogP contribution in [0.3, 0.4) is 0 Å². The van der Waals surface area contributed by atoms with E-state index in [0.717, 1.165) is 26.2 Å². The molecule has 1 aliphatic heterocycles. The molecule has 0 radical (unpaired) electrons. The van der Waals surface area contributed by atoms with Crippen LogP contribution in [-0.2, 0) is 6.42 Å². The topological polar surface area (TPSA) is 89.2 Å². The minimum absolute atomic E-state index is 0.152. The Morgan fingerprint density at radius 3 is 2.72 bits per heavy atom. The lowest BCUT2D eigenvalue weighted by atomic mass is 10.1. The van der Waals surface area contributed by atoms with Gasteiger partial charge < -0.3 is 20.7 Å². The Bertz CT molecular complexity index is 737. The molecule has 1 aliphatic rings. The number of alkyl halides is 2. The Morgan fingerprint density at radius 1 is 1.28 bits per heavy atom. The lowest BCUT2D eigenvalue weighted by Crippen LogP contribution is -2.44. The Balaban J connectivity index is 1.87. The first-order valence-corrected chi connectivity index (χ1v) is 7.97. The number of nitrogen functional groups attached to an aromatic ring is 1. The maximum atomic E-state index is 13.0. The highest BCUT2D eigenvalue weighted by molar-refractivity contribution is 5.43. The first-order valence-electron chi connectivity index (χ1n) is 7.97. The van der Waals surface area contributed by atoms with Gasteiger partial charge in [0.25, 0.3) is 6.43 Å². The Kier molecular flexibility index (Phi) is 5.22. The number of nitrogens with two attached hydrogens (primary N) is 1. The molecule has 25 heavy (non-hydrogen) atoms. The molecular formula is C16H20F2N6O.